The molecule has 0 fully saturated rings. The summed E-state index contributed by atoms with van der Waals surface area (Å²) >= 11 is 1.20. The molecule has 0 saturated heterocycles. The van der Waals surface area contributed by atoms with E-state index in [1.807, 2.05) is 32.8 Å². The molecule has 1 heterocycles. The van der Waals surface area contributed by atoms with E-state index in [1.165, 1.54) is 32.9 Å². The van der Waals surface area contributed by atoms with E-state index >= 15 is 0 Å². The number of nitrogens with zero attached hydrogens (tertiary/aromatic N) is 2. The van der Waals surface area contributed by atoms with Gasteiger partial charge in [0.05, 0.1) is 0 Å². The summed E-state index contributed by atoms with van der Waals surface area (Å²) in [5.41, 5.74) is -0.359. The Morgan fingerprint density at radius 3 is 2.39 bits per heavy atom. The molecule has 7 heteroatoms. The van der Waals surface area contributed by atoms with Crippen LogP contribution in [0, 0.1) is 9.42 Å². The number of alkyl halides is 3. The molecule has 1 aromatic heterocycles. The van der Waals surface area contributed by atoms with Crippen LogP contribution < -0.4 is 0 Å². The minimum absolute atomic E-state index is 0.237. The van der Waals surface area contributed by atoms with Crippen LogP contribution in [0.5, 0.6) is 0 Å². The minimum atomic E-state index is -4.38. The number of rotatable bonds is 7. The van der Waals surface area contributed by atoms with Crippen LogP contribution in [-0.4, -0.2) is 36.4 Å². The normalized spacial score (nSPS) is 13.6. The average molecular weight is 409 g/mol. The van der Waals surface area contributed by atoms with Gasteiger partial charge in [-0.25, -0.2) is 0 Å². The fourth-order valence-electron chi connectivity index (χ4n) is 2.39. The first-order valence-electron chi connectivity index (χ1n) is 7.50. The van der Waals surface area contributed by atoms with E-state index in [9.17, 15) is 18.0 Å². The van der Waals surface area contributed by atoms with Crippen LogP contribution in [0.3, 0.4) is 0 Å². The maximum absolute atomic E-state index is 13.3. The molecule has 0 aliphatic rings. The third-order valence-corrected chi connectivity index (χ3v) is 4.42. The summed E-state index contributed by atoms with van der Waals surface area (Å²) in [6.45, 7) is 4.51. The summed E-state index contributed by atoms with van der Waals surface area (Å²) in [4.78, 5) is 13.3. The number of hydrogen-bond donors (Lipinski definition) is 0. The van der Waals surface area contributed by atoms with Crippen molar-refractivity contribution in [1.29, 1.82) is 0 Å². The number of halogens is 3. The van der Waals surface area contributed by atoms with Gasteiger partial charge >= 0.3 is 147 Å². The first kappa shape index (κ1) is 20.4. The van der Waals surface area contributed by atoms with Gasteiger partial charge in [0, 0.05) is 0 Å². The summed E-state index contributed by atoms with van der Waals surface area (Å²) in [6.07, 6.45) is -1.14. The Kier molecular flexibility index (Phi) is 7.45. The third-order valence-electron chi connectivity index (χ3n) is 3.54. The van der Waals surface area contributed by atoms with Gasteiger partial charge in [-0.05, 0) is 0 Å². The molecule has 0 aromatic carbocycles. The number of carbonyl (C=O) groups excluding carboxylic acids is 1. The maximum atomic E-state index is 13.3. The fraction of sp³-hybridized carbons (Fsp3) is 0.625. The molecule has 3 nitrogen and oxygen atoms in total. The van der Waals surface area contributed by atoms with Gasteiger partial charge in [-0.15, -0.1) is 0 Å². The Balaban J connectivity index is 3.36. The Morgan fingerprint density at radius 2 is 1.96 bits per heavy atom. The molecule has 1 aromatic rings. The van der Waals surface area contributed by atoms with Gasteiger partial charge < -0.3 is 0 Å². The van der Waals surface area contributed by atoms with Crippen LogP contribution in [0.25, 0.3) is 0 Å². The summed E-state index contributed by atoms with van der Waals surface area (Å²) in [6, 6.07) is 0.754. The summed E-state index contributed by atoms with van der Waals surface area (Å²) in [7, 11) is 3.65. The summed E-state index contributed by atoms with van der Waals surface area (Å²) in [5, 5.41) is 0. The number of carbonyl (C=O) groups is 1. The predicted molar refractivity (Wildman–Crippen MR) is 79.5 cm³/mol. The molecule has 0 saturated carbocycles. The second-order valence-corrected chi connectivity index (χ2v) is 7.49. The number of hydrogen-bond acceptors (Lipinski definition) is 2. The van der Waals surface area contributed by atoms with E-state index < -0.39 is 17.8 Å². The molecule has 0 amide bonds. The predicted octanol–water partition coefficient (Wildman–Crippen LogP) is 3.48. The second kappa shape index (κ2) is 8.42. The molecular formula is C16H23F3N2NbO. The number of aromatic nitrogens is 1. The van der Waals surface area contributed by atoms with Crippen LogP contribution in [0.2, 0.25) is 0 Å². The van der Waals surface area contributed by atoms with Gasteiger partial charge in [0.15, 0.2) is 0 Å². The molecule has 0 bridgehead atoms. The Hall–Kier alpha value is -0.690. The van der Waals surface area contributed by atoms with Gasteiger partial charge in [-0.1, -0.05) is 0 Å². The van der Waals surface area contributed by atoms with Crippen LogP contribution in [0.1, 0.15) is 37.4 Å². The zero-order valence-electron chi connectivity index (χ0n) is 13.9. The Bertz CT molecular complexity index is 594. The van der Waals surface area contributed by atoms with Crippen molar-refractivity contribution in [2.24, 2.45) is 5.92 Å². The topological polar surface area (TPSA) is 25.2 Å². The molecule has 1 atom stereocenters. The molecule has 1 rings (SSSR count). The van der Waals surface area contributed by atoms with E-state index in [-0.39, 0.29) is 11.5 Å². The quantitative estimate of drug-likeness (QED) is 0.509. The van der Waals surface area contributed by atoms with Crippen molar-refractivity contribution in [2.75, 3.05) is 20.6 Å². The first-order chi connectivity index (χ1) is 10.6. The van der Waals surface area contributed by atoms with Gasteiger partial charge in [0.25, 0.3) is 0 Å². The molecule has 0 spiro atoms. The molecular weight excluding hydrogens is 386 g/mol. The zero-order valence-corrected chi connectivity index (χ0v) is 16.1. The van der Waals surface area contributed by atoms with Crippen molar-refractivity contribution in [3.05, 3.63) is 26.9 Å². The van der Waals surface area contributed by atoms with E-state index in [1.54, 1.807) is 4.57 Å². The zero-order chi connectivity index (χ0) is 17.8. The van der Waals surface area contributed by atoms with Crippen molar-refractivity contribution < 1.29 is 38.6 Å². The van der Waals surface area contributed by atoms with Gasteiger partial charge in [0.1, 0.15) is 0 Å². The summed E-state index contributed by atoms with van der Waals surface area (Å²) < 4.78 is 42.1. The van der Waals surface area contributed by atoms with Crippen molar-refractivity contribution >= 4 is 6.29 Å². The van der Waals surface area contributed by atoms with Crippen LogP contribution >= 0.6 is 0 Å². The molecule has 0 aliphatic heterocycles. The molecule has 0 aliphatic carbocycles. The molecule has 23 heavy (non-hydrogen) atoms. The number of likely N-dealkylation sites (N-methyl/N-ethyl adjacent to an activating group) is 1. The Morgan fingerprint density at radius 1 is 1.35 bits per heavy atom. The van der Waals surface area contributed by atoms with Crippen molar-refractivity contribution in [3.63, 3.8) is 0 Å². The van der Waals surface area contributed by atoms with E-state index in [4.69, 9.17) is 0 Å². The number of pyridine rings is 1. The first-order valence-corrected chi connectivity index (χ1v) is 8.60. The fourth-order valence-corrected chi connectivity index (χ4v) is 3.21. The van der Waals surface area contributed by atoms with Crippen molar-refractivity contribution in [1.82, 2.24) is 9.47 Å². The average Bonchev–Trinajstić information content (AvgIpc) is 2.42. The van der Waals surface area contributed by atoms with Crippen LogP contribution in [-0.2, 0) is 38.0 Å². The second-order valence-electron chi connectivity index (χ2n) is 6.36. The van der Waals surface area contributed by atoms with Gasteiger partial charge in [-0.2, -0.15) is 0 Å². The molecule has 0 N–H and O–H groups in total. The number of aldehydes is 1. The monoisotopic (exact) mass is 409 g/mol. The molecule has 0 radical (unpaired) electrons. The third kappa shape index (κ3) is 6.03. The summed E-state index contributed by atoms with van der Waals surface area (Å²) in [5.74, 6) is 0.288. The van der Waals surface area contributed by atoms with E-state index in [0.717, 1.165) is 6.29 Å². The van der Waals surface area contributed by atoms with Crippen LogP contribution in [0.4, 0.5) is 13.2 Å². The van der Waals surface area contributed by atoms with E-state index in [2.05, 4.69) is 0 Å². The standard InChI is InChI=1S/C16H23F3N2O.Nb/c1-12(2)9-14(11-22)21-8-6-15(16(17,18)19)13(10-21)5-7-20(3)4;/h6,10-12,14H,5,7,9H2,1-4H3;. The van der Waals surface area contributed by atoms with Crippen LogP contribution in [0.15, 0.2) is 12.3 Å². The Labute approximate surface area is 146 Å². The van der Waals surface area contributed by atoms with E-state index in [0.29, 0.717) is 22.9 Å². The molecule has 1 unspecified atom stereocenters. The van der Waals surface area contributed by atoms with Gasteiger partial charge in [-0.3, -0.25) is 0 Å². The van der Waals surface area contributed by atoms with Gasteiger partial charge in [0.2, 0.25) is 0 Å². The molecule has 129 valence electrons. The van der Waals surface area contributed by atoms with Crippen molar-refractivity contribution in [3.8, 4) is 0 Å². The SMILES string of the molecule is CC(C)CC(C=O)n1cc(CCN(C)C)c(C(F)(F)F)c[c]1=[Nb]. The van der Waals surface area contributed by atoms with Crippen molar-refractivity contribution in [2.45, 2.75) is 38.9 Å².